The van der Waals surface area contributed by atoms with Crippen LogP contribution < -0.4 is 4.72 Å². The first-order valence-electron chi connectivity index (χ1n) is 5.72. The summed E-state index contributed by atoms with van der Waals surface area (Å²) in [6, 6.07) is 2.39. The minimum Gasteiger partial charge on any atom is -0.392 e. The lowest BCUT2D eigenvalue weighted by Gasteiger charge is -2.10. The normalized spacial score (nSPS) is 11.8. The number of aliphatic hydroxyl groups is 1. The van der Waals surface area contributed by atoms with E-state index in [1.54, 1.807) is 11.6 Å². The van der Waals surface area contributed by atoms with E-state index in [1.165, 1.54) is 24.3 Å². The molecule has 0 amide bonds. The minimum atomic E-state index is -3.86. The van der Waals surface area contributed by atoms with Gasteiger partial charge in [0, 0.05) is 17.1 Å². The third-order valence-electron chi connectivity index (χ3n) is 2.73. The Labute approximate surface area is 120 Å². The molecule has 108 valence electrons. The van der Waals surface area contributed by atoms with Gasteiger partial charge in [-0.15, -0.1) is 11.3 Å². The molecule has 8 heteroatoms. The molecule has 0 aliphatic carbocycles. The lowest BCUT2D eigenvalue weighted by molar-refractivity contribution is 0.281. The van der Waals surface area contributed by atoms with Crippen molar-refractivity contribution in [3.63, 3.8) is 0 Å². The van der Waals surface area contributed by atoms with E-state index in [9.17, 15) is 12.8 Å². The molecule has 0 bridgehead atoms. The summed E-state index contributed by atoms with van der Waals surface area (Å²) in [6.07, 6.45) is 1.58. The molecule has 2 N–H and O–H groups in total. The highest BCUT2D eigenvalue weighted by Gasteiger charge is 2.20. The maximum Gasteiger partial charge on any atom is 0.241 e. The summed E-state index contributed by atoms with van der Waals surface area (Å²) in [7, 11) is -3.86. The van der Waals surface area contributed by atoms with Crippen molar-refractivity contribution < 1.29 is 17.9 Å². The Bertz CT molecular complexity index is 700. The highest BCUT2D eigenvalue weighted by Crippen LogP contribution is 2.21. The maximum absolute atomic E-state index is 13.7. The Morgan fingerprint density at radius 2 is 2.20 bits per heavy atom. The minimum absolute atomic E-state index is 0.0221. The zero-order valence-electron chi connectivity index (χ0n) is 10.6. The van der Waals surface area contributed by atoms with Gasteiger partial charge in [0.1, 0.15) is 10.8 Å². The van der Waals surface area contributed by atoms with Crippen LogP contribution in [0.15, 0.2) is 28.6 Å². The second-order valence-electron chi connectivity index (χ2n) is 4.11. The fraction of sp³-hybridized carbons (Fsp3) is 0.250. The van der Waals surface area contributed by atoms with Crippen LogP contribution in [0.25, 0.3) is 0 Å². The largest absolute Gasteiger partial charge is 0.392 e. The van der Waals surface area contributed by atoms with Crippen molar-refractivity contribution in [1.29, 1.82) is 0 Å². The third kappa shape index (κ3) is 3.21. The Balaban J connectivity index is 2.31. The number of halogens is 1. The molecule has 5 nitrogen and oxygen atoms in total. The van der Waals surface area contributed by atoms with E-state index in [4.69, 9.17) is 5.11 Å². The molecule has 0 spiro atoms. The molecule has 20 heavy (non-hydrogen) atoms. The number of thiazole rings is 1. The van der Waals surface area contributed by atoms with Gasteiger partial charge in [0.15, 0.2) is 0 Å². The molecule has 0 aliphatic rings. The Morgan fingerprint density at radius 3 is 2.80 bits per heavy atom. The summed E-state index contributed by atoms with van der Waals surface area (Å²) in [5.74, 6) is -0.661. The number of benzene rings is 1. The van der Waals surface area contributed by atoms with Crippen LogP contribution in [-0.4, -0.2) is 18.5 Å². The van der Waals surface area contributed by atoms with Gasteiger partial charge in [-0.25, -0.2) is 22.5 Å². The van der Waals surface area contributed by atoms with E-state index in [-0.39, 0.29) is 22.6 Å². The van der Waals surface area contributed by atoms with Gasteiger partial charge in [0.25, 0.3) is 0 Å². The number of hydrogen-bond acceptors (Lipinski definition) is 5. The molecule has 0 unspecified atom stereocenters. The predicted octanol–water partition coefficient (Wildman–Crippen LogP) is 1.56. The molecule has 1 aromatic heterocycles. The Hall–Kier alpha value is -1.35. The number of aromatic nitrogens is 1. The summed E-state index contributed by atoms with van der Waals surface area (Å²) in [5.41, 5.74) is 0.233. The van der Waals surface area contributed by atoms with Gasteiger partial charge in [-0.1, -0.05) is 0 Å². The van der Waals surface area contributed by atoms with Gasteiger partial charge >= 0.3 is 0 Å². The molecular formula is C12H13FN2O3S2. The molecule has 0 radical (unpaired) electrons. The van der Waals surface area contributed by atoms with Gasteiger partial charge in [-0.2, -0.15) is 0 Å². The number of sulfonamides is 1. The van der Waals surface area contributed by atoms with Crippen molar-refractivity contribution >= 4 is 21.4 Å². The summed E-state index contributed by atoms with van der Waals surface area (Å²) in [4.78, 5) is 3.80. The molecule has 0 fully saturated rings. The lowest BCUT2D eigenvalue weighted by Crippen LogP contribution is -2.24. The molecule has 1 aromatic carbocycles. The second-order valence-corrected chi connectivity index (χ2v) is 6.82. The van der Waals surface area contributed by atoms with Crippen LogP contribution >= 0.6 is 11.3 Å². The van der Waals surface area contributed by atoms with Crippen LogP contribution in [0.4, 0.5) is 4.39 Å². The Morgan fingerprint density at radius 1 is 1.45 bits per heavy atom. The highest BCUT2D eigenvalue weighted by molar-refractivity contribution is 7.89. The van der Waals surface area contributed by atoms with Crippen molar-refractivity contribution in [2.45, 2.75) is 25.0 Å². The Kier molecular flexibility index (Phi) is 4.48. The number of nitrogens with one attached hydrogen (secondary N) is 1. The first-order valence-corrected chi connectivity index (χ1v) is 8.08. The summed E-state index contributed by atoms with van der Waals surface area (Å²) < 4.78 is 40.4. The quantitative estimate of drug-likeness (QED) is 0.877. The fourth-order valence-electron chi connectivity index (χ4n) is 1.65. The SMILES string of the molecule is Cc1c(F)cc(CO)cc1S(=O)(=O)NCc1nccs1. The molecule has 0 aliphatic heterocycles. The summed E-state index contributed by atoms with van der Waals surface area (Å²) in [5, 5.41) is 11.4. The molecule has 1 heterocycles. The van der Waals surface area contributed by atoms with Gasteiger partial charge < -0.3 is 5.11 Å². The van der Waals surface area contributed by atoms with Gasteiger partial charge in [0.2, 0.25) is 10.0 Å². The lowest BCUT2D eigenvalue weighted by atomic mass is 10.1. The van der Waals surface area contributed by atoms with Crippen LogP contribution in [0.2, 0.25) is 0 Å². The van der Waals surface area contributed by atoms with Crippen LogP contribution in [0.5, 0.6) is 0 Å². The predicted molar refractivity (Wildman–Crippen MR) is 73.2 cm³/mol. The van der Waals surface area contributed by atoms with Crippen molar-refractivity contribution in [3.05, 3.63) is 45.7 Å². The summed E-state index contributed by atoms with van der Waals surface area (Å²) >= 11 is 1.32. The van der Waals surface area contributed by atoms with E-state index in [2.05, 4.69) is 9.71 Å². The molecule has 2 aromatic rings. The molecule has 0 saturated heterocycles. The number of hydrogen-bond donors (Lipinski definition) is 2. The van der Waals surface area contributed by atoms with Crippen LogP contribution in [0.3, 0.4) is 0 Å². The second kappa shape index (κ2) is 5.96. The summed E-state index contributed by atoms with van der Waals surface area (Å²) in [6.45, 7) is 1.01. The van der Waals surface area contributed by atoms with Crippen LogP contribution in [-0.2, 0) is 23.2 Å². The van der Waals surface area contributed by atoms with Gasteiger partial charge in [-0.3, -0.25) is 0 Å². The average Bonchev–Trinajstić information content (AvgIpc) is 2.92. The zero-order valence-corrected chi connectivity index (χ0v) is 12.3. The average molecular weight is 316 g/mol. The monoisotopic (exact) mass is 316 g/mol. The standard InChI is InChI=1S/C12H13FN2O3S2/c1-8-10(13)4-9(7-16)5-11(8)20(17,18)15-6-12-14-2-3-19-12/h2-5,15-16H,6-7H2,1H3. The van der Waals surface area contributed by atoms with Crippen molar-refractivity contribution in [2.24, 2.45) is 0 Å². The van der Waals surface area contributed by atoms with Crippen LogP contribution in [0.1, 0.15) is 16.1 Å². The fourth-order valence-corrected chi connectivity index (χ4v) is 3.59. The van der Waals surface area contributed by atoms with E-state index in [0.717, 1.165) is 6.07 Å². The van der Waals surface area contributed by atoms with Crippen molar-refractivity contribution in [2.75, 3.05) is 0 Å². The van der Waals surface area contributed by atoms with Crippen molar-refractivity contribution in [1.82, 2.24) is 9.71 Å². The zero-order chi connectivity index (χ0) is 14.8. The van der Waals surface area contributed by atoms with E-state index < -0.39 is 22.4 Å². The van der Waals surface area contributed by atoms with Crippen molar-refractivity contribution in [3.8, 4) is 0 Å². The first-order chi connectivity index (χ1) is 9.44. The molecule has 0 saturated carbocycles. The van der Waals surface area contributed by atoms with Gasteiger partial charge in [0.05, 0.1) is 18.0 Å². The molecule has 0 atom stereocenters. The van der Waals surface area contributed by atoms with Gasteiger partial charge in [-0.05, 0) is 24.6 Å². The number of nitrogens with zero attached hydrogens (tertiary/aromatic N) is 1. The highest BCUT2D eigenvalue weighted by atomic mass is 32.2. The van der Waals surface area contributed by atoms with E-state index in [0.29, 0.717) is 5.01 Å². The first kappa shape index (κ1) is 15.0. The number of rotatable bonds is 5. The smallest absolute Gasteiger partial charge is 0.241 e. The third-order valence-corrected chi connectivity index (χ3v) is 5.03. The van der Waals surface area contributed by atoms with E-state index >= 15 is 0 Å². The maximum atomic E-state index is 13.7. The van der Waals surface area contributed by atoms with Crippen LogP contribution in [0, 0.1) is 12.7 Å². The molecular weight excluding hydrogens is 303 g/mol. The topological polar surface area (TPSA) is 79.3 Å². The van der Waals surface area contributed by atoms with E-state index in [1.807, 2.05) is 0 Å². The molecule has 2 rings (SSSR count). The number of aliphatic hydroxyl groups excluding tert-OH is 1.